The van der Waals surface area contributed by atoms with Crippen molar-refractivity contribution in [2.45, 2.75) is 57.5 Å². The molecule has 35 heavy (non-hydrogen) atoms. The lowest BCUT2D eigenvalue weighted by Crippen LogP contribution is -2.53. The molecule has 0 aliphatic carbocycles. The number of hydrogen-bond donors (Lipinski definition) is 5. The summed E-state index contributed by atoms with van der Waals surface area (Å²) in [7, 11) is 0. The van der Waals surface area contributed by atoms with Gasteiger partial charge in [-0.25, -0.2) is 0 Å². The maximum absolute atomic E-state index is 12.6. The topological polar surface area (TPSA) is 176 Å². The second-order valence-electron chi connectivity index (χ2n) is 8.13. The summed E-state index contributed by atoms with van der Waals surface area (Å²) in [5.41, 5.74) is 8.42. The van der Waals surface area contributed by atoms with E-state index >= 15 is 0 Å². The van der Waals surface area contributed by atoms with Gasteiger partial charge in [0.15, 0.2) is 0 Å². The minimum Gasteiger partial charge on any atom is -0.481 e. The van der Waals surface area contributed by atoms with Crippen molar-refractivity contribution in [2.24, 2.45) is 5.73 Å². The molecule has 0 unspecified atom stereocenters. The molecule has 188 valence electrons. The van der Waals surface area contributed by atoms with Gasteiger partial charge in [0.2, 0.25) is 17.7 Å². The largest absolute Gasteiger partial charge is 0.481 e. The molecular formula is C24H29N3O7S. The van der Waals surface area contributed by atoms with E-state index in [1.807, 2.05) is 31.2 Å². The Labute approximate surface area is 206 Å². The predicted molar refractivity (Wildman–Crippen MR) is 130 cm³/mol. The third-order valence-corrected chi connectivity index (χ3v) is 6.31. The van der Waals surface area contributed by atoms with Gasteiger partial charge >= 0.3 is 11.9 Å². The van der Waals surface area contributed by atoms with Crippen LogP contribution < -0.4 is 16.4 Å². The van der Waals surface area contributed by atoms with Crippen molar-refractivity contribution in [3.63, 3.8) is 0 Å². The van der Waals surface area contributed by atoms with Gasteiger partial charge in [-0.05, 0) is 54.3 Å². The molecule has 0 bridgehead atoms. The fourth-order valence-electron chi connectivity index (χ4n) is 3.30. The Morgan fingerprint density at radius 1 is 0.914 bits per heavy atom. The van der Waals surface area contributed by atoms with E-state index in [-0.39, 0.29) is 19.3 Å². The fraction of sp³-hybridized carbons (Fsp3) is 0.375. The molecule has 10 nitrogen and oxygen atoms in total. The number of hydrogen-bond acceptors (Lipinski definition) is 6. The first-order valence-corrected chi connectivity index (χ1v) is 11.9. The first-order valence-electron chi connectivity index (χ1n) is 11.0. The van der Waals surface area contributed by atoms with Crippen LogP contribution in [0.3, 0.4) is 0 Å². The highest BCUT2D eigenvalue weighted by Gasteiger charge is 2.26. The van der Waals surface area contributed by atoms with E-state index in [1.54, 1.807) is 11.3 Å². The Bertz CT molecular complexity index is 1070. The zero-order valence-electron chi connectivity index (χ0n) is 19.3. The number of nitrogens with one attached hydrogen (secondary N) is 2. The van der Waals surface area contributed by atoms with Gasteiger partial charge in [-0.2, -0.15) is 0 Å². The number of benzene rings is 1. The Hall–Kier alpha value is -3.73. The molecule has 3 amide bonds. The van der Waals surface area contributed by atoms with Crippen LogP contribution in [-0.4, -0.2) is 52.0 Å². The van der Waals surface area contributed by atoms with Crippen molar-refractivity contribution < 1.29 is 34.2 Å². The van der Waals surface area contributed by atoms with E-state index in [0.717, 1.165) is 16.0 Å². The Balaban J connectivity index is 1.96. The van der Waals surface area contributed by atoms with Crippen molar-refractivity contribution in [3.05, 3.63) is 46.8 Å². The number of amides is 3. The van der Waals surface area contributed by atoms with Gasteiger partial charge in [0.05, 0.1) is 0 Å². The number of nitrogens with two attached hydrogens (primary N) is 1. The van der Waals surface area contributed by atoms with Crippen LogP contribution in [0.5, 0.6) is 0 Å². The highest BCUT2D eigenvalue weighted by Crippen LogP contribution is 2.27. The van der Waals surface area contributed by atoms with Crippen LogP contribution in [0.25, 0.3) is 10.4 Å². The van der Waals surface area contributed by atoms with E-state index in [4.69, 9.17) is 15.9 Å². The molecule has 0 radical (unpaired) electrons. The second-order valence-corrected chi connectivity index (χ2v) is 9.04. The Morgan fingerprint density at radius 3 is 2.03 bits per heavy atom. The molecule has 0 aliphatic rings. The quantitative estimate of drug-likeness (QED) is 0.261. The van der Waals surface area contributed by atoms with Gasteiger partial charge in [-0.15, -0.1) is 11.3 Å². The molecule has 2 rings (SSSR count). The molecule has 2 atom stereocenters. The van der Waals surface area contributed by atoms with E-state index in [2.05, 4.69) is 22.1 Å². The molecule has 1 aromatic heterocycles. The smallest absolute Gasteiger partial charge is 0.303 e. The van der Waals surface area contributed by atoms with Gasteiger partial charge in [-0.3, -0.25) is 24.0 Å². The third kappa shape index (κ3) is 9.57. The predicted octanol–water partition coefficient (Wildman–Crippen LogP) is 1.84. The number of carboxylic acid groups (broad SMARTS) is 2. The monoisotopic (exact) mass is 503 g/mol. The summed E-state index contributed by atoms with van der Waals surface area (Å²) in [6, 6.07) is 7.42. The highest BCUT2D eigenvalue weighted by atomic mass is 32.1. The van der Waals surface area contributed by atoms with Crippen LogP contribution in [0.15, 0.2) is 35.7 Å². The number of carbonyl (C=O) groups excluding carboxylic acids is 3. The average molecular weight is 504 g/mol. The van der Waals surface area contributed by atoms with Gasteiger partial charge in [0, 0.05) is 24.1 Å². The van der Waals surface area contributed by atoms with E-state index < -0.39 is 54.6 Å². The molecule has 0 aliphatic heterocycles. The minimum atomic E-state index is -1.26. The standard InChI is InChI=1S/C24H29N3O7S/c1-14-12-19(35-13-14)16-5-2-15(3-6-16)4-9-20(28)26-18(8-11-22(31)32)24(34)27-17(23(25)33)7-10-21(29)30/h2-3,5-6,12-13,17-18H,4,7-11H2,1H3,(H2,25,33)(H,26,28)(H,27,34)(H,29,30)(H,31,32)/t17-,18-/m0/s1. The number of rotatable bonds is 14. The van der Waals surface area contributed by atoms with Crippen molar-refractivity contribution in [1.82, 2.24) is 10.6 Å². The zero-order chi connectivity index (χ0) is 26.0. The summed E-state index contributed by atoms with van der Waals surface area (Å²) < 4.78 is 0. The fourth-order valence-corrected chi connectivity index (χ4v) is 4.21. The molecule has 0 saturated heterocycles. The minimum absolute atomic E-state index is 0.0621. The number of aliphatic carboxylic acids is 2. The summed E-state index contributed by atoms with van der Waals surface area (Å²) in [5, 5.41) is 24.7. The molecule has 1 heterocycles. The first kappa shape index (κ1) is 27.5. The number of primary amides is 1. The van der Waals surface area contributed by atoms with Crippen LogP contribution in [0.2, 0.25) is 0 Å². The maximum Gasteiger partial charge on any atom is 0.303 e. The summed E-state index contributed by atoms with van der Waals surface area (Å²) in [6.45, 7) is 2.03. The number of carboxylic acids is 2. The average Bonchev–Trinajstić information content (AvgIpc) is 3.23. The zero-order valence-corrected chi connectivity index (χ0v) is 20.1. The molecule has 2 aromatic rings. The maximum atomic E-state index is 12.6. The van der Waals surface area contributed by atoms with Crippen LogP contribution in [-0.2, 0) is 30.4 Å². The van der Waals surface area contributed by atoms with Crippen molar-refractivity contribution in [2.75, 3.05) is 0 Å². The summed E-state index contributed by atoms with van der Waals surface area (Å²) in [4.78, 5) is 59.6. The van der Waals surface area contributed by atoms with Crippen LogP contribution >= 0.6 is 11.3 Å². The van der Waals surface area contributed by atoms with E-state index in [9.17, 15) is 24.0 Å². The van der Waals surface area contributed by atoms with Crippen molar-refractivity contribution in [3.8, 4) is 10.4 Å². The molecule has 1 aromatic carbocycles. The molecule has 0 spiro atoms. The highest BCUT2D eigenvalue weighted by molar-refractivity contribution is 7.13. The normalized spacial score (nSPS) is 12.4. The molecular weight excluding hydrogens is 474 g/mol. The van der Waals surface area contributed by atoms with Gasteiger partial charge in [-0.1, -0.05) is 24.3 Å². The van der Waals surface area contributed by atoms with Gasteiger partial charge in [0.25, 0.3) is 0 Å². The van der Waals surface area contributed by atoms with Crippen LogP contribution in [0.4, 0.5) is 0 Å². The lowest BCUT2D eigenvalue weighted by atomic mass is 10.0. The summed E-state index contributed by atoms with van der Waals surface area (Å²) >= 11 is 1.65. The molecule has 0 fully saturated rings. The van der Waals surface area contributed by atoms with E-state index in [1.165, 1.54) is 5.56 Å². The number of carbonyl (C=O) groups is 5. The van der Waals surface area contributed by atoms with Gasteiger partial charge in [0.1, 0.15) is 12.1 Å². The summed E-state index contributed by atoms with van der Waals surface area (Å²) in [5.74, 6) is -4.52. The molecule has 11 heteroatoms. The molecule has 6 N–H and O–H groups in total. The summed E-state index contributed by atoms with van der Waals surface area (Å²) in [6.07, 6.45) is -0.745. The molecule has 0 saturated carbocycles. The van der Waals surface area contributed by atoms with E-state index in [0.29, 0.717) is 6.42 Å². The second kappa shape index (κ2) is 13.2. The van der Waals surface area contributed by atoms with Crippen molar-refractivity contribution >= 4 is 41.0 Å². The van der Waals surface area contributed by atoms with Crippen molar-refractivity contribution in [1.29, 1.82) is 0 Å². The van der Waals surface area contributed by atoms with Gasteiger partial charge < -0.3 is 26.6 Å². The first-order chi connectivity index (χ1) is 16.5. The lowest BCUT2D eigenvalue weighted by molar-refractivity contribution is -0.139. The van der Waals surface area contributed by atoms with Crippen LogP contribution in [0.1, 0.15) is 43.2 Å². The Kier molecular flexibility index (Phi) is 10.4. The number of thiophene rings is 1. The number of aryl methyl sites for hydroxylation is 2. The Morgan fingerprint density at radius 2 is 1.51 bits per heavy atom. The lowest BCUT2D eigenvalue weighted by Gasteiger charge is -2.21. The third-order valence-electron chi connectivity index (χ3n) is 5.22. The SMILES string of the molecule is Cc1csc(-c2ccc(CCC(=O)N[C@@H](CCC(=O)O)C(=O)N[C@@H](CCC(=O)O)C(N)=O)cc2)c1. The van der Waals surface area contributed by atoms with Crippen LogP contribution in [0, 0.1) is 6.92 Å².